The van der Waals surface area contributed by atoms with Gasteiger partial charge in [-0.25, -0.2) is 0 Å². The van der Waals surface area contributed by atoms with Gasteiger partial charge >= 0.3 is 0 Å². The maximum Gasteiger partial charge on any atom is 0.167 e. The van der Waals surface area contributed by atoms with Crippen molar-refractivity contribution in [1.29, 1.82) is 31.6 Å². The molecular formula is C34H56N12. The second kappa shape index (κ2) is 22.3. The van der Waals surface area contributed by atoms with E-state index in [2.05, 4.69) is 67.1 Å². The number of azo groups is 3. The first-order valence-corrected chi connectivity index (χ1v) is 16.3. The lowest BCUT2D eigenvalue weighted by Crippen LogP contribution is -2.26. The fourth-order valence-corrected chi connectivity index (χ4v) is 3.35. The summed E-state index contributed by atoms with van der Waals surface area (Å²) in [6, 6.07) is 12.8. The van der Waals surface area contributed by atoms with E-state index in [-0.39, 0.29) is 0 Å². The molecule has 46 heavy (non-hydrogen) atoms. The third kappa shape index (κ3) is 16.2. The summed E-state index contributed by atoms with van der Waals surface area (Å²) < 4.78 is 0. The molecule has 0 rings (SSSR count). The van der Waals surface area contributed by atoms with Gasteiger partial charge in [0.15, 0.2) is 33.2 Å². The molecule has 0 fully saturated rings. The van der Waals surface area contributed by atoms with Crippen molar-refractivity contribution in [3.05, 3.63) is 0 Å². The molecule has 0 bridgehead atoms. The predicted molar refractivity (Wildman–Crippen MR) is 179 cm³/mol. The molecule has 0 radical (unpaired) electrons. The second-order valence-corrected chi connectivity index (χ2v) is 12.1. The Kier molecular flexibility index (Phi) is 22.4. The van der Waals surface area contributed by atoms with Gasteiger partial charge < -0.3 is 0 Å². The summed E-state index contributed by atoms with van der Waals surface area (Å²) in [5.74, 6) is 0. The maximum absolute atomic E-state index is 9.10. The molecule has 0 aliphatic carbocycles. The van der Waals surface area contributed by atoms with E-state index in [0.717, 1.165) is 12.8 Å². The van der Waals surface area contributed by atoms with E-state index in [4.69, 9.17) is 31.6 Å². The second-order valence-electron chi connectivity index (χ2n) is 12.1. The predicted octanol–water partition coefficient (Wildman–Crippen LogP) is 10.0. The molecule has 4 atom stereocenters. The molecule has 0 aliphatic heterocycles. The van der Waals surface area contributed by atoms with Crippen molar-refractivity contribution in [3.63, 3.8) is 0 Å². The molecule has 0 heterocycles. The van der Waals surface area contributed by atoms with Crippen LogP contribution in [0.2, 0.25) is 0 Å². The smallest absolute Gasteiger partial charge is 0.167 e. The summed E-state index contributed by atoms with van der Waals surface area (Å²) in [5, 5.41) is 78.3. The standard InChI is InChI=1S/2C12H20N4.C10H16N4/c1-5-7-11(3,9-13)15-16-12(4,10-14)8-6-2;1-5-11(6-2,9-13)15-16-12(7-3,8-4)10-14;1-5-9(3,7-11)13-14-10(4,6-2)8-12/h2*5-8H2,1-4H3;5-6H2,1-4H3/b2*16-15+;14-13+. The van der Waals surface area contributed by atoms with E-state index in [0.29, 0.717) is 51.4 Å². The Balaban J connectivity index is -0.000000605. The molecule has 0 saturated heterocycles. The lowest BCUT2D eigenvalue weighted by Gasteiger charge is -2.21. The van der Waals surface area contributed by atoms with Crippen LogP contribution >= 0.6 is 0 Å². The number of hydrogen-bond donors (Lipinski definition) is 0. The van der Waals surface area contributed by atoms with Gasteiger partial charge in [-0.3, -0.25) is 0 Å². The van der Waals surface area contributed by atoms with Crippen LogP contribution in [0.5, 0.6) is 0 Å². The largest absolute Gasteiger partial charge is 0.196 e. The lowest BCUT2D eigenvalue weighted by molar-refractivity contribution is 0.415. The fraction of sp³-hybridized carbons (Fsp3) is 0.824. The van der Waals surface area contributed by atoms with Gasteiger partial charge in [-0.05, 0) is 79.1 Å². The van der Waals surface area contributed by atoms with Crippen molar-refractivity contribution < 1.29 is 0 Å². The van der Waals surface area contributed by atoms with E-state index in [9.17, 15) is 0 Å². The highest BCUT2D eigenvalue weighted by molar-refractivity contribution is 5.10. The van der Waals surface area contributed by atoms with Crippen LogP contribution in [0.15, 0.2) is 30.7 Å². The molecule has 0 spiro atoms. The minimum absolute atomic E-state index is 0.595. The quantitative estimate of drug-likeness (QED) is 0.150. The first-order valence-electron chi connectivity index (χ1n) is 16.3. The normalized spacial score (nSPS) is 16.6. The highest BCUT2D eigenvalue weighted by Crippen LogP contribution is 2.26. The fourth-order valence-electron chi connectivity index (χ4n) is 3.35. The van der Waals surface area contributed by atoms with Crippen LogP contribution in [0.1, 0.15) is 147 Å². The molecule has 0 aromatic carbocycles. The maximum atomic E-state index is 9.10. The highest BCUT2D eigenvalue weighted by Gasteiger charge is 2.30. The minimum Gasteiger partial charge on any atom is -0.196 e. The van der Waals surface area contributed by atoms with Crippen molar-refractivity contribution in [3.8, 4) is 36.4 Å². The Morgan fingerprint density at radius 1 is 0.348 bits per heavy atom. The third-order valence-electron chi connectivity index (χ3n) is 7.99. The zero-order valence-corrected chi connectivity index (χ0v) is 30.4. The third-order valence-corrected chi connectivity index (χ3v) is 7.99. The Labute approximate surface area is 278 Å². The molecule has 252 valence electrons. The molecule has 4 unspecified atom stereocenters. The van der Waals surface area contributed by atoms with Gasteiger partial charge in [0.05, 0.1) is 36.4 Å². The summed E-state index contributed by atoms with van der Waals surface area (Å²) in [5.41, 5.74) is -4.69. The van der Waals surface area contributed by atoms with Gasteiger partial charge in [0.2, 0.25) is 0 Å². The first kappa shape index (κ1) is 46.2. The molecule has 0 aromatic rings. The SMILES string of the molecule is CCC(C#N)(CC)/N=N/C(C#N)(CC)CC.CCC(C)(C#N)/N=N/C(C)(C#N)CC.CCCC(C)(C#N)/N=N/C(C)(C#N)CCC. The number of rotatable bonds is 16. The van der Waals surface area contributed by atoms with Gasteiger partial charge in [-0.15, -0.1) is 0 Å². The van der Waals surface area contributed by atoms with Gasteiger partial charge in [0.25, 0.3) is 0 Å². The van der Waals surface area contributed by atoms with E-state index < -0.39 is 33.2 Å². The summed E-state index contributed by atoms with van der Waals surface area (Å²) in [4.78, 5) is 0. The van der Waals surface area contributed by atoms with Gasteiger partial charge in [0.1, 0.15) is 0 Å². The zero-order chi connectivity index (χ0) is 36.6. The number of hydrogen-bond acceptors (Lipinski definition) is 12. The Morgan fingerprint density at radius 2 is 0.587 bits per heavy atom. The van der Waals surface area contributed by atoms with Gasteiger partial charge in [-0.2, -0.15) is 62.3 Å². The van der Waals surface area contributed by atoms with Crippen LogP contribution in [-0.2, 0) is 0 Å². The molecule has 0 N–H and O–H groups in total. The van der Waals surface area contributed by atoms with Crippen LogP contribution in [0.25, 0.3) is 0 Å². The average molecular weight is 633 g/mol. The first-order chi connectivity index (χ1) is 21.5. The van der Waals surface area contributed by atoms with E-state index in [1.165, 1.54) is 0 Å². The van der Waals surface area contributed by atoms with E-state index in [1.54, 1.807) is 27.7 Å². The van der Waals surface area contributed by atoms with Crippen LogP contribution in [0.3, 0.4) is 0 Å². The molecule has 0 aromatic heterocycles. The molecular weight excluding hydrogens is 576 g/mol. The summed E-state index contributed by atoms with van der Waals surface area (Å²) in [7, 11) is 0. The summed E-state index contributed by atoms with van der Waals surface area (Å²) in [6.45, 7) is 22.3. The monoisotopic (exact) mass is 632 g/mol. The van der Waals surface area contributed by atoms with Gasteiger partial charge in [0, 0.05) is 0 Å². The molecule has 0 aliphatic rings. The molecule has 12 heteroatoms. The Morgan fingerprint density at radius 3 is 0.739 bits per heavy atom. The van der Waals surface area contributed by atoms with Crippen LogP contribution < -0.4 is 0 Å². The lowest BCUT2D eigenvalue weighted by atomic mass is 9.95. The van der Waals surface area contributed by atoms with E-state index >= 15 is 0 Å². The topological polar surface area (TPSA) is 217 Å². The van der Waals surface area contributed by atoms with Gasteiger partial charge in [-0.1, -0.05) is 68.2 Å². The molecule has 12 nitrogen and oxygen atoms in total. The summed E-state index contributed by atoms with van der Waals surface area (Å²) >= 11 is 0. The van der Waals surface area contributed by atoms with Crippen molar-refractivity contribution in [2.45, 2.75) is 181 Å². The zero-order valence-electron chi connectivity index (χ0n) is 30.4. The van der Waals surface area contributed by atoms with Crippen LogP contribution in [-0.4, -0.2) is 33.2 Å². The highest BCUT2D eigenvalue weighted by atomic mass is 15.2. The summed E-state index contributed by atoms with van der Waals surface area (Å²) in [6.07, 6.45) is 6.77. The van der Waals surface area contributed by atoms with Crippen molar-refractivity contribution >= 4 is 0 Å². The van der Waals surface area contributed by atoms with Crippen LogP contribution in [0.4, 0.5) is 0 Å². The van der Waals surface area contributed by atoms with Crippen molar-refractivity contribution in [1.82, 2.24) is 0 Å². The number of nitrogens with zero attached hydrogens (tertiary/aromatic N) is 12. The van der Waals surface area contributed by atoms with Crippen molar-refractivity contribution in [2.24, 2.45) is 30.7 Å². The van der Waals surface area contributed by atoms with Crippen LogP contribution in [0, 0.1) is 68.0 Å². The van der Waals surface area contributed by atoms with E-state index in [1.807, 2.05) is 55.4 Å². The molecule has 0 saturated carbocycles. The Bertz CT molecular complexity index is 1140. The molecule has 0 amide bonds. The minimum atomic E-state index is -0.798. The Hall–Kier alpha value is -4.26. The average Bonchev–Trinajstić information content (AvgIpc) is 3.09. The number of nitriles is 6. The van der Waals surface area contributed by atoms with Crippen molar-refractivity contribution in [2.75, 3.05) is 0 Å².